The molecule has 0 bridgehead atoms. The van der Waals surface area contributed by atoms with Crippen molar-refractivity contribution in [2.45, 2.75) is 18.8 Å². The first-order valence-corrected chi connectivity index (χ1v) is 7.39. The minimum Gasteiger partial charge on any atom is -0.303 e. The Labute approximate surface area is 119 Å². The summed E-state index contributed by atoms with van der Waals surface area (Å²) < 4.78 is 2.02. The quantitative estimate of drug-likeness (QED) is 0.804. The van der Waals surface area contributed by atoms with Gasteiger partial charge in [0, 0.05) is 23.7 Å². The number of hydrogen-bond donors (Lipinski definition) is 1. The standard InChI is InChI=1S/C14H12N4OS/c19-13(17-14-15-6-8-20-14)11-10-3-1-2-7-18(10)12(16-11)9-4-5-9/h1-3,6-9H,4-5H2,(H,15,17,19). The number of fused-ring (bicyclic) bond motifs is 1. The summed E-state index contributed by atoms with van der Waals surface area (Å²) in [6, 6.07) is 5.81. The SMILES string of the molecule is O=C(Nc1nccs1)c1nc(C2CC2)n2ccccc12. The van der Waals surface area contributed by atoms with E-state index in [-0.39, 0.29) is 5.91 Å². The number of aromatic nitrogens is 3. The third-order valence-corrected chi connectivity index (χ3v) is 4.07. The van der Waals surface area contributed by atoms with Crippen LogP contribution in [0.2, 0.25) is 0 Å². The summed E-state index contributed by atoms with van der Waals surface area (Å²) in [5.74, 6) is 1.28. The van der Waals surface area contributed by atoms with E-state index < -0.39 is 0 Å². The van der Waals surface area contributed by atoms with Crippen molar-refractivity contribution in [2.24, 2.45) is 0 Å². The van der Waals surface area contributed by atoms with Crippen LogP contribution < -0.4 is 5.32 Å². The van der Waals surface area contributed by atoms with Crippen molar-refractivity contribution in [3.05, 3.63) is 47.5 Å². The van der Waals surface area contributed by atoms with Crippen LogP contribution in [0.4, 0.5) is 5.13 Å². The van der Waals surface area contributed by atoms with E-state index in [1.807, 2.05) is 34.2 Å². The normalized spacial score (nSPS) is 14.6. The number of anilines is 1. The molecule has 0 unspecified atom stereocenters. The van der Waals surface area contributed by atoms with E-state index in [4.69, 9.17) is 0 Å². The van der Waals surface area contributed by atoms with E-state index >= 15 is 0 Å². The molecule has 1 amide bonds. The van der Waals surface area contributed by atoms with Crippen molar-refractivity contribution in [1.29, 1.82) is 0 Å². The number of nitrogens with zero attached hydrogens (tertiary/aromatic N) is 3. The summed E-state index contributed by atoms with van der Waals surface area (Å²) in [6.07, 6.45) is 5.94. The second kappa shape index (κ2) is 4.42. The van der Waals surface area contributed by atoms with Gasteiger partial charge in [0.2, 0.25) is 0 Å². The zero-order valence-corrected chi connectivity index (χ0v) is 11.4. The fourth-order valence-electron chi connectivity index (χ4n) is 2.30. The largest absolute Gasteiger partial charge is 0.303 e. The Hall–Kier alpha value is -2.21. The van der Waals surface area contributed by atoms with Gasteiger partial charge in [0.15, 0.2) is 10.8 Å². The van der Waals surface area contributed by atoms with Crippen molar-refractivity contribution in [3.63, 3.8) is 0 Å². The molecule has 3 heterocycles. The topological polar surface area (TPSA) is 59.3 Å². The Morgan fingerprint density at radius 2 is 2.30 bits per heavy atom. The molecule has 4 rings (SSSR count). The van der Waals surface area contributed by atoms with Gasteiger partial charge < -0.3 is 4.40 Å². The maximum atomic E-state index is 12.4. The Kier molecular flexibility index (Phi) is 2.56. The van der Waals surface area contributed by atoms with Crippen molar-refractivity contribution < 1.29 is 4.79 Å². The molecular weight excluding hydrogens is 272 g/mol. The highest BCUT2D eigenvalue weighted by Gasteiger charge is 2.30. The summed E-state index contributed by atoms with van der Waals surface area (Å²) >= 11 is 1.40. The molecule has 5 nitrogen and oxygen atoms in total. The molecule has 100 valence electrons. The first-order chi connectivity index (χ1) is 9.83. The Balaban J connectivity index is 1.77. The Bertz CT molecular complexity index is 774. The average Bonchev–Trinajstić information content (AvgIpc) is 3.04. The fourth-order valence-corrected chi connectivity index (χ4v) is 2.82. The summed E-state index contributed by atoms with van der Waals surface area (Å²) in [7, 11) is 0. The molecule has 1 N–H and O–H groups in total. The molecular formula is C14H12N4OS. The van der Waals surface area contributed by atoms with Gasteiger partial charge in [-0.15, -0.1) is 11.3 Å². The molecule has 0 aromatic carbocycles. The third-order valence-electron chi connectivity index (χ3n) is 3.39. The predicted molar refractivity (Wildman–Crippen MR) is 77.2 cm³/mol. The second-order valence-electron chi connectivity index (χ2n) is 4.84. The van der Waals surface area contributed by atoms with E-state index in [1.165, 1.54) is 11.3 Å². The number of carbonyl (C=O) groups is 1. The van der Waals surface area contributed by atoms with Crippen molar-refractivity contribution >= 4 is 27.9 Å². The first-order valence-electron chi connectivity index (χ1n) is 6.51. The van der Waals surface area contributed by atoms with E-state index in [0.29, 0.717) is 16.7 Å². The molecule has 0 atom stereocenters. The molecule has 20 heavy (non-hydrogen) atoms. The molecule has 3 aromatic heterocycles. The summed E-state index contributed by atoms with van der Waals surface area (Å²) in [4.78, 5) is 21.0. The minimum absolute atomic E-state index is 0.199. The molecule has 6 heteroatoms. The maximum Gasteiger partial charge on any atom is 0.278 e. The van der Waals surface area contributed by atoms with Crippen molar-refractivity contribution in [2.75, 3.05) is 5.32 Å². The van der Waals surface area contributed by atoms with Gasteiger partial charge in [-0.2, -0.15) is 0 Å². The van der Waals surface area contributed by atoms with Crippen molar-refractivity contribution in [1.82, 2.24) is 14.4 Å². The molecule has 3 aromatic rings. The lowest BCUT2D eigenvalue weighted by molar-refractivity contribution is 0.102. The van der Waals surface area contributed by atoms with Gasteiger partial charge in [-0.25, -0.2) is 9.97 Å². The molecule has 1 fully saturated rings. The molecule has 0 saturated heterocycles. The second-order valence-corrected chi connectivity index (χ2v) is 5.73. The van der Waals surface area contributed by atoms with Gasteiger partial charge in [0.25, 0.3) is 5.91 Å². The van der Waals surface area contributed by atoms with Crippen molar-refractivity contribution in [3.8, 4) is 0 Å². The van der Waals surface area contributed by atoms with Gasteiger partial charge in [0.05, 0.1) is 5.52 Å². The number of hydrogen-bond acceptors (Lipinski definition) is 4. The van der Waals surface area contributed by atoms with Crippen LogP contribution in [-0.2, 0) is 0 Å². The smallest absolute Gasteiger partial charge is 0.278 e. The number of amides is 1. The van der Waals surface area contributed by atoms with E-state index in [1.54, 1.807) is 6.20 Å². The van der Waals surface area contributed by atoms with Gasteiger partial charge >= 0.3 is 0 Å². The van der Waals surface area contributed by atoms with E-state index in [0.717, 1.165) is 24.2 Å². The van der Waals surface area contributed by atoms with Crippen LogP contribution in [0, 0.1) is 0 Å². The molecule has 0 spiro atoms. The Morgan fingerprint density at radius 3 is 3.05 bits per heavy atom. The fraction of sp³-hybridized carbons (Fsp3) is 0.214. The van der Waals surface area contributed by atoms with Crippen LogP contribution >= 0.6 is 11.3 Å². The van der Waals surface area contributed by atoms with Crippen LogP contribution in [0.25, 0.3) is 5.52 Å². The van der Waals surface area contributed by atoms with Crippen LogP contribution in [0.1, 0.15) is 35.1 Å². The third kappa shape index (κ3) is 1.89. The predicted octanol–water partition coefficient (Wildman–Crippen LogP) is 2.92. The number of rotatable bonds is 3. The van der Waals surface area contributed by atoms with Gasteiger partial charge in [-0.05, 0) is 25.0 Å². The van der Waals surface area contributed by atoms with Crippen LogP contribution in [-0.4, -0.2) is 20.3 Å². The number of imidazole rings is 1. The summed E-state index contributed by atoms with van der Waals surface area (Å²) in [6.45, 7) is 0. The number of carbonyl (C=O) groups excluding carboxylic acids is 1. The lowest BCUT2D eigenvalue weighted by Gasteiger charge is -1.99. The maximum absolute atomic E-state index is 12.4. The number of thiazole rings is 1. The number of nitrogens with one attached hydrogen (secondary N) is 1. The van der Waals surface area contributed by atoms with Gasteiger partial charge in [-0.1, -0.05) is 6.07 Å². The lowest BCUT2D eigenvalue weighted by atomic mass is 10.3. The molecule has 1 aliphatic rings. The summed E-state index contributed by atoms with van der Waals surface area (Å²) in [5.41, 5.74) is 1.33. The average molecular weight is 284 g/mol. The molecule has 1 aliphatic carbocycles. The van der Waals surface area contributed by atoms with Crippen LogP contribution in [0.15, 0.2) is 36.0 Å². The highest BCUT2D eigenvalue weighted by atomic mass is 32.1. The van der Waals surface area contributed by atoms with Gasteiger partial charge in [-0.3, -0.25) is 10.1 Å². The minimum atomic E-state index is -0.199. The zero-order valence-electron chi connectivity index (χ0n) is 10.6. The van der Waals surface area contributed by atoms with Crippen LogP contribution in [0.5, 0.6) is 0 Å². The number of pyridine rings is 1. The first kappa shape index (κ1) is 11.6. The Morgan fingerprint density at radius 1 is 1.40 bits per heavy atom. The molecule has 0 aliphatic heterocycles. The molecule has 0 radical (unpaired) electrons. The highest BCUT2D eigenvalue weighted by Crippen LogP contribution is 2.40. The lowest BCUT2D eigenvalue weighted by Crippen LogP contribution is -2.12. The highest BCUT2D eigenvalue weighted by molar-refractivity contribution is 7.13. The molecule has 1 saturated carbocycles. The van der Waals surface area contributed by atoms with Crippen LogP contribution in [0.3, 0.4) is 0 Å². The monoisotopic (exact) mass is 284 g/mol. The summed E-state index contributed by atoms with van der Waals surface area (Å²) in [5, 5.41) is 5.22. The van der Waals surface area contributed by atoms with E-state index in [2.05, 4.69) is 15.3 Å². The van der Waals surface area contributed by atoms with Gasteiger partial charge in [0.1, 0.15) is 5.82 Å². The van der Waals surface area contributed by atoms with E-state index in [9.17, 15) is 4.79 Å². The zero-order chi connectivity index (χ0) is 13.5.